The van der Waals surface area contributed by atoms with Crippen LogP contribution in [0.1, 0.15) is 16.1 Å². The van der Waals surface area contributed by atoms with Crippen molar-refractivity contribution in [3.05, 3.63) is 76.4 Å². The van der Waals surface area contributed by atoms with Crippen molar-refractivity contribution in [1.82, 2.24) is 9.97 Å². The Morgan fingerprint density at radius 3 is 2.62 bits per heavy atom. The monoisotopic (exact) mass is 294 g/mol. The van der Waals surface area contributed by atoms with Crippen molar-refractivity contribution in [3.8, 4) is 5.88 Å². The van der Waals surface area contributed by atoms with E-state index in [-0.39, 0.29) is 0 Å². The molecule has 0 radical (unpaired) electrons. The van der Waals surface area contributed by atoms with Crippen LogP contribution >= 0.6 is 11.3 Å². The van der Waals surface area contributed by atoms with Crippen LogP contribution in [-0.2, 0) is 6.61 Å². The molecule has 0 saturated carbocycles. The van der Waals surface area contributed by atoms with Crippen molar-refractivity contribution in [2.24, 2.45) is 0 Å². The van der Waals surface area contributed by atoms with E-state index in [4.69, 9.17) is 4.74 Å². The Morgan fingerprint density at radius 2 is 1.81 bits per heavy atom. The molecule has 0 aliphatic rings. The number of rotatable bonds is 5. The van der Waals surface area contributed by atoms with Gasteiger partial charge >= 0.3 is 0 Å². The van der Waals surface area contributed by atoms with E-state index in [1.807, 2.05) is 60.0 Å². The van der Waals surface area contributed by atoms with Gasteiger partial charge in [0.25, 0.3) is 0 Å². The van der Waals surface area contributed by atoms with Gasteiger partial charge in [0.15, 0.2) is 0 Å². The fraction of sp³-hybridized carbons (Fsp3) is 0.0588. The van der Waals surface area contributed by atoms with Gasteiger partial charge in [-0.3, -0.25) is 0 Å². The van der Waals surface area contributed by atoms with Gasteiger partial charge in [-0.2, -0.15) is 0 Å². The number of aromatic nitrogens is 2. The molecule has 21 heavy (non-hydrogen) atoms. The Kier molecular flexibility index (Phi) is 4.39. The smallest absolute Gasteiger partial charge is 0.240 e. The summed E-state index contributed by atoms with van der Waals surface area (Å²) in [4.78, 5) is 9.75. The summed E-state index contributed by atoms with van der Waals surface area (Å²) in [5.74, 6) is 0.554. The third kappa shape index (κ3) is 3.77. The second-order valence-corrected chi connectivity index (χ2v) is 5.39. The Morgan fingerprint density at radius 1 is 0.952 bits per heavy atom. The average molecular weight is 294 g/mol. The zero-order valence-corrected chi connectivity index (χ0v) is 12.2. The van der Waals surface area contributed by atoms with Crippen molar-refractivity contribution in [3.63, 3.8) is 0 Å². The summed E-state index contributed by atoms with van der Waals surface area (Å²) < 4.78 is 5.76. The summed E-state index contributed by atoms with van der Waals surface area (Å²) >= 11 is 1.67. The fourth-order valence-electron chi connectivity index (χ4n) is 1.84. The highest BCUT2D eigenvalue weighted by Gasteiger charge is 2.04. The van der Waals surface area contributed by atoms with Crippen LogP contribution in [0.3, 0.4) is 0 Å². The predicted octanol–water partition coefficient (Wildman–Crippen LogP) is 4.29. The summed E-state index contributed by atoms with van der Waals surface area (Å²) in [6.45, 7) is 0.516. The van der Waals surface area contributed by atoms with Crippen LogP contribution < -0.4 is 4.74 Å². The molecular weight excluding hydrogens is 280 g/mol. The Hall–Kier alpha value is -2.46. The highest BCUT2D eigenvalue weighted by molar-refractivity contribution is 7.09. The average Bonchev–Trinajstić information content (AvgIpc) is 3.06. The molecule has 2 aromatic heterocycles. The molecular formula is C17H14N2OS. The summed E-state index contributed by atoms with van der Waals surface area (Å²) in [6, 6.07) is 14.1. The van der Waals surface area contributed by atoms with Crippen molar-refractivity contribution < 1.29 is 4.74 Å². The minimum atomic E-state index is 0.516. The molecule has 0 saturated heterocycles. The highest BCUT2D eigenvalue weighted by atomic mass is 32.1. The van der Waals surface area contributed by atoms with Gasteiger partial charge in [0.05, 0.1) is 0 Å². The fourth-order valence-corrected chi connectivity index (χ4v) is 2.45. The van der Waals surface area contributed by atoms with E-state index in [1.165, 1.54) is 4.88 Å². The summed E-state index contributed by atoms with van der Waals surface area (Å²) in [5, 5.41) is 2.03. The predicted molar refractivity (Wildman–Crippen MR) is 86.1 cm³/mol. The van der Waals surface area contributed by atoms with E-state index in [9.17, 15) is 0 Å². The van der Waals surface area contributed by atoms with E-state index < -0.39 is 0 Å². The lowest BCUT2D eigenvalue weighted by Gasteiger charge is -2.05. The van der Waals surface area contributed by atoms with Gasteiger partial charge in [-0.05, 0) is 23.1 Å². The quantitative estimate of drug-likeness (QED) is 0.704. The Balaban J connectivity index is 1.74. The lowest BCUT2D eigenvalue weighted by Crippen LogP contribution is -1.98. The van der Waals surface area contributed by atoms with Gasteiger partial charge in [-0.15, -0.1) is 11.3 Å². The molecule has 3 nitrogen and oxygen atoms in total. The number of hydrogen-bond donors (Lipinski definition) is 0. The maximum absolute atomic E-state index is 5.76. The lowest BCUT2D eigenvalue weighted by atomic mass is 10.2. The number of hydrogen-bond acceptors (Lipinski definition) is 4. The third-order valence-electron chi connectivity index (χ3n) is 2.86. The van der Waals surface area contributed by atoms with Crippen LogP contribution in [0.5, 0.6) is 5.88 Å². The van der Waals surface area contributed by atoms with E-state index in [0.29, 0.717) is 12.5 Å². The molecule has 0 aliphatic carbocycles. The Labute approximate surface area is 127 Å². The second-order valence-electron chi connectivity index (χ2n) is 4.36. The topological polar surface area (TPSA) is 35.0 Å². The summed E-state index contributed by atoms with van der Waals surface area (Å²) in [5.41, 5.74) is 1.85. The normalized spacial score (nSPS) is 10.9. The van der Waals surface area contributed by atoms with Gasteiger partial charge in [0.1, 0.15) is 12.3 Å². The largest absolute Gasteiger partial charge is 0.470 e. The number of thiophene rings is 1. The van der Waals surface area contributed by atoms with Crippen molar-refractivity contribution >= 4 is 23.5 Å². The van der Waals surface area contributed by atoms with E-state index in [1.54, 1.807) is 23.7 Å². The van der Waals surface area contributed by atoms with Crippen LogP contribution in [0.15, 0.2) is 60.2 Å². The van der Waals surface area contributed by atoms with E-state index in [2.05, 4.69) is 9.97 Å². The minimum Gasteiger partial charge on any atom is -0.470 e. The first-order valence-electron chi connectivity index (χ1n) is 6.61. The molecule has 104 valence electrons. The van der Waals surface area contributed by atoms with Gasteiger partial charge in [0, 0.05) is 17.3 Å². The van der Waals surface area contributed by atoms with Gasteiger partial charge < -0.3 is 4.74 Å². The van der Waals surface area contributed by atoms with Crippen LogP contribution in [0.4, 0.5) is 0 Å². The number of benzene rings is 1. The molecule has 1 aromatic carbocycles. The molecule has 0 fully saturated rings. The van der Waals surface area contributed by atoms with Crippen molar-refractivity contribution in [1.29, 1.82) is 0 Å². The first kappa shape index (κ1) is 13.5. The van der Waals surface area contributed by atoms with Gasteiger partial charge in [-0.1, -0.05) is 42.5 Å². The molecule has 4 heteroatoms. The summed E-state index contributed by atoms with van der Waals surface area (Å²) in [6.07, 6.45) is 7.24. The molecule has 3 rings (SSSR count). The molecule has 0 spiro atoms. The van der Waals surface area contributed by atoms with Crippen LogP contribution in [-0.4, -0.2) is 9.97 Å². The molecule has 0 amide bonds. The summed E-state index contributed by atoms with van der Waals surface area (Å²) in [7, 11) is 0. The maximum Gasteiger partial charge on any atom is 0.240 e. The molecule has 3 aromatic rings. The van der Waals surface area contributed by atoms with Crippen molar-refractivity contribution in [2.75, 3.05) is 0 Å². The van der Waals surface area contributed by atoms with Crippen LogP contribution in [0.2, 0.25) is 0 Å². The zero-order valence-electron chi connectivity index (χ0n) is 11.3. The lowest BCUT2D eigenvalue weighted by molar-refractivity contribution is 0.295. The van der Waals surface area contributed by atoms with Gasteiger partial charge in [0.2, 0.25) is 5.88 Å². The molecule has 0 aliphatic heterocycles. The van der Waals surface area contributed by atoms with Crippen LogP contribution in [0, 0.1) is 0 Å². The van der Waals surface area contributed by atoms with Gasteiger partial charge in [-0.25, -0.2) is 9.97 Å². The molecule has 2 heterocycles. The highest BCUT2D eigenvalue weighted by Crippen LogP contribution is 2.18. The first-order chi connectivity index (χ1) is 10.4. The number of ether oxygens (including phenoxy) is 1. The van der Waals surface area contributed by atoms with Crippen LogP contribution in [0.25, 0.3) is 12.2 Å². The third-order valence-corrected chi connectivity index (χ3v) is 3.71. The van der Waals surface area contributed by atoms with Crippen molar-refractivity contribution in [2.45, 2.75) is 6.61 Å². The number of nitrogens with zero attached hydrogens (tertiary/aromatic N) is 2. The van der Waals surface area contributed by atoms with E-state index >= 15 is 0 Å². The zero-order chi connectivity index (χ0) is 14.3. The maximum atomic E-state index is 5.76. The second kappa shape index (κ2) is 6.81. The molecule has 0 bridgehead atoms. The standard InChI is InChI=1S/C17H14N2OS/c1-2-5-14(6-3-1)8-9-16-17(19-11-10-18-16)20-13-15-7-4-12-21-15/h1-12H,13H2/b9-8+. The molecule has 0 atom stereocenters. The Bertz CT molecular complexity index is 709. The first-order valence-corrected chi connectivity index (χ1v) is 7.49. The minimum absolute atomic E-state index is 0.516. The molecule has 0 N–H and O–H groups in total. The SMILES string of the molecule is C(=C\c1nccnc1OCc1cccs1)/c1ccccc1. The molecule has 0 unspecified atom stereocenters. The van der Waals surface area contributed by atoms with E-state index in [0.717, 1.165) is 11.3 Å².